The van der Waals surface area contributed by atoms with Crippen LogP contribution in [0, 0.1) is 0 Å². The second-order valence-electron chi connectivity index (χ2n) is 3.29. The fourth-order valence-corrected chi connectivity index (χ4v) is 1.41. The molecule has 3 nitrogen and oxygen atoms in total. The zero-order chi connectivity index (χ0) is 11.4. The van der Waals surface area contributed by atoms with Crippen LogP contribution in [0.3, 0.4) is 0 Å². The van der Waals surface area contributed by atoms with E-state index >= 15 is 0 Å². The van der Waals surface area contributed by atoms with E-state index in [0.717, 1.165) is 0 Å². The van der Waals surface area contributed by atoms with Gasteiger partial charge in [-0.1, -0.05) is 29.3 Å². The number of halogens is 2. The first-order valence-electron chi connectivity index (χ1n) is 4.50. The average Bonchev–Trinajstić information content (AvgIpc) is 2.18. The van der Waals surface area contributed by atoms with Crippen LogP contribution in [0.15, 0.2) is 18.2 Å². The van der Waals surface area contributed by atoms with Crippen LogP contribution in [0.5, 0.6) is 0 Å². The Bertz CT molecular complexity index is 366. The Kier molecular flexibility index (Phi) is 4.39. The van der Waals surface area contributed by atoms with Crippen LogP contribution < -0.4 is 11.1 Å². The molecular formula is C10H12Cl2N2O. The van der Waals surface area contributed by atoms with Gasteiger partial charge in [0.15, 0.2) is 0 Å². The summed E-state index contributed by atoms with van der Waals surface area (Å²) >= 11 is 11.7. The number of hydrogen-bond donors (Lipinski definition) is 2. The van der Waals surface area contributed by atoms with Crippen molar-refractivity contribution in [2.45, 2.75) is 13.0 Å². The lowest BCUT2D eigenvalue weighted by Crippen LogP contribution is -2.35. The summed E-state index contributed by atoms with van der Waals surface area (Å²) in [4.78, 5) is 11.6. The fraction of sp³-hybridized carbons (Fsp3) is 0.300. The van der Waals surface area contributed by atoms with Crippen molar-refractivity contribution in [2.24, 2.45) is 5.73 Å². The van der Waals surface area contributed by atoms with E-state index in [2.05, 4.69) is 5.32 Å². The molecule has 1 amide bonds. The highest BCUT2D eigenvalue weighted by Crippen LogP contribution is 2.25. The summed E-state index contributed by atoms with van der Waals surface area (Å²) in [6, 6.07) is 4.83. The lowest BCUT2D eigenvalue weighted by molar-refractivity contribution is 0.0952. The van der Waals surface area contributed by atoms with E-state index in [1.165, 1.54) is 0 Å². The largest absolute Gasteiger partial charge is 0.350 e. The third-order valence-electron chi connectivity index (χ3n) is 1.78. The number of carbonyl (C=O) groups excluding carboxylic acids is 1. The van der Waals surface area contributed by atoms with Crippen LogP contribution in [-0.4, -0.2) is 18.5 Å². The Labute approximate surface area is 98.5 Å². The predicted octanol–water partition coefficient (Wildman–Crippen LogP) is 2.07. The van der Waals surface area contributed by atoms with Gasteiger partial charge in [-0.2, -0.15) is 0 Å². The lowest BCUT2D eigenvalue weighted by atomic mass is 10.2. The molecule has 0 fully saturated rings. The van der Waals surface area contributed by atoms with Gasteiger partial charge < -0.3 is 11.1 Å². The topological polar surface area (TPSA) is 55.1 Å². The van der Waals surface area contributed by atoms with Gasteiger partial charge in [-0.15, -0.1) is 0 Å². The zero-order valence-electron chi connectivity index (χ0n) is 8.26. The molecule has 0 heterocycles. The van der Waals surface area contributed by atoms with Crippen LogP contribution in [-0.2, 0) is 0 Å². The maximum atomic E-state index is 11.6. The van der Waals surface area contributed by atoms with Crippen molar-refractivity contribution in [2.75, 3.05) is 6.54 Å². The molecule has 0 radical (unpaired) electrons. The molecule has 0 bridgehead atoms. The smallest absolute Gasteiger partial charge is 0.252 e. The van der Waals surface area contributed by atoms with E-state index in [1.807, 2.05) is 0 Å². The van der Waals surface area contributed by atoms with Crippen molar-refractivity contribution in [3.63, 3.8) is 0 Å². The Morgan fingerprint density at radius 1 is 1.53 bits per heavy atom. The molecule has 1 aromatic carbocycles. The summed E-state index contributed by atoms with van der Waals surface area (Å²) in [6.07, 6.45) is 0. The monoisotopic (exact) mass is 246 g/mol. The SMILES string of the molecule is CC(N)CNC(=O)c1cccc(Cl)c1Cl. The molecule has 0 aliphatic carbocycles. The third kappa shape index (κ3) is 3.38. The van der Waals surface area contributed by atoms with Gasteiger partial charge in [0.05, 0.1) is 15.6 Å². The van der Waals surface area contributed by atoms with E-state index in [4.69, 9.17) is 28.9 Å². The number of carbonyl (C=O) groups is 1. The quantitative estimate of drug-likeness (QED) is 0.859. The molecule has 0 aliphatic rings. The Hall–Kier alpha value is -0.770. The number of nitrogens with two attached hydrogens (primary N) is 1. The van der Waals surface area contributed by atoms with Gasteiger partial charge in [0.2, 0.25) is 0 Å². The predicted molar refractivity (Wildman–Crippen MR) is 62.4 cm³/mol. The van der Waals surface area contributed by atoms with E-state index in [1.54, 1.807) is 25.1 Å². The summed E-state index contributed by atoms with van der Waals surface area (Å²) in [5.74, 6) is -0.264. The highest BCUT2D eigenvalue weighted by molar-refractivity contribution is 6.43. The van der Waals surface area contributed by atoms with Crippen LogP contribution in [0.4, 0.5) is 0 Å². The average molecular weight is 247 g/mol. The normalized spacial score (nSPS) is 12.3. The van der Waals surface area contributed by atoms with Crippen molar-refractivity contribution in [3.8, 4) is 0 Å². The van der Waals surface area contributed by atoms with Crippen LogP contribution >= 0.6 is 23.2 Å². The Balaban J connectivity index is 2.78. The van der Waals surface area contributed by atoms with Crippen molar-refractivity contribution in [1.29, 1.82) is 0 Å². The highest BCUT2D eigenvalue weighted by atomic mass is 35.5. The molecule has 3 N–H and O–H groups in total. The molecule has 0 spiro atoms. The molecule has 0 saturated heterocycles. The molecule has 0 saturated carbocycles. The Morgan fingerprint density at radius 2 is 2.20 bits per heavy atom. The first-order chi connectivity index (χ1) is 7.02. The van der Waals surface area contributed by atoms with Gasteiger partial charge in [-0.3, -0.25) is 4.79 Å². The second kappa shape index (κ2) is 5.35. The standard InChI is InChI=1S/C10H12Cl2N2O/c1-6(13)5-14-10(15)7-3-2-4-8(11)9(7)12/h2-4,6H,5,13H2,1H3,(H,14,15). The van der Waals surface area contributed by atoms with Crippen molar-refractivity contribution < 1.29 is 4.79 Å². The van der Waals surface area contributed by atoms with Crippen molar-refractivity contribution in [3.05, 3.63) is 33.8 Å². The summed E-state index contributed by atoms with van der Waals surface area (Å²) in [5, 5.41) is 3.29. The number of nitrogens with one attached hydrogen (secondary N) is 1. The second-order valence-corrected chi connectivity index (χ2v) is 4.07. The van der Waals surface area contributed by atoms with Crippen molar-refractivity contribution in [1.82, 2.24) is 5.32 Å². The molecule has 1 aromatic rings. The lowest BCUT2D eigenvalue weighted by Gasteiger charge is -2.09. The van der Waals surface area contributed by atoms with E-state index in [9.17, 15) is 4.79 Å². The van der Waals surface area contributed by atoms with Crippen LogP contribution in [0.2, 0.25) is 10.0 Å². The van der Waals surface area contributed by atoms with Gasteiger partial charge in [0.25, 0.3) is 5.91 Å². The van der Waals surface area contributed by atoms with Crippen LogP contribution in [0.1, 0.15) is 17.3 Å². The number of hydrogen-bond acceptors (Lipinski definition) is 2. The molecule has 82 valence electrons. The van der Waals surface area contributed by atoms with E-state index < -0.39 is 0 Å². The van der Waals surface area contributed by atoms with Crippen LogP contribution in [0.25, 0.3) is 0 Å². The molecule has 1 atom stereocenters. The van der Waals surface area contributed by atoms with Gasteiger partial charge in [0.1, 0.15) is 0 Å². The summed E-state index contributed by atoms with van der Waals surface area (Å²) in [5.41, 5.74) is 5.88. The molecule has 5 heteroatoms. The van der Waals surface area contributed by atoms with Gasteiger partial charge in [-0.25, -0.2) is 0 Å². The molecular weight excluding hydrogens is 235 g/mol. The number of rotatable bonds is 3. The minimum Gasteiger partial charge on any atom is -0.350 e. The highest BCUT2D eigenvalue weighted by Gasteiger charge is 2.12. The molecule has 0 aromatic heterocycles. The molecule has 0 aliphatic heterocycles. The third-order valence-corrected chi connectivity index (χ3v) is 2.60. The maximum Gasteiger partial charge on any atom is 0.252 e. The summed E-state index contributed by atoms with van der Waals surface area (Å²) in [7, 11) is 0. The van der Waals surface area contributed by atoms with Crippen molar-refractivity contribution >= 4 is 29.1 Å². The molecule has 1 rings (SSSR count). The summed E-state index contributed by atoms with van der Waals surface area (Å²) < 4.78 is 0. The van der Waals surface area contributed by atoms with E-state index in [-0.39, 0.29) is 17.0 Å². The van der Waals surface area contributed by atoms with Gasteiger partial charge in [-0.05, 0) is 19.1 Å². The number of benzene rings is 1. The summed E-state index contributed by atoms with van der Waals surface area (Å²) in [6.45, 7) is 2.21. The maximum absolute atomic E-state index is 11.6. The first-order valence-corrected chi connectivity index (χ1v) is 5.25. The van der Waals surface area contributed by atoms with Gasteiger partial charge in [0, 0.05) is 12.6 Å². The Morgan fingerprint density at radius 3 is 2.80 bits per heavy atom. The minimum absolute atomic E-state index is 0.0908. The molecule has 15 heavy (non-hydrogen) atoms. The first kappa shape index (κ1) is 12.3. The van der Waals surface area contributed by atoms with E-state index in [0.29, 0.717) is 17.1 Å². The fourth-order valence-electron chi connectivity index (χ4n) is 1.03. The molecule has 1 unspecified atom stereocenters. The minimum atomic E-state index is -0.264. The zero-order valence-corrected chi connectivity index (χ0v) is 9.77. The number of amides is 1. The van der Waals surface area contributed by atoms with Gasteiger partial charge >= 0.3 is 0 Å².